The predicted octanol–water partition coefficient (Wildman–Crippen LogP) is 1.07. The summed E-state index contributed by atoms with van der Waals surface area (Å²) in [6, 6.07) is 1.36. The number of amides is 3. The highest BCUT2D eigenvalue weighted by Gasteiger charge is 2.56. The van der Waals surface area contributed by atoms with Crippen molar-refractivity contribution >= 4 is 28.6 Å². The molecule has 3 N–H and O–H groups in total. The molecule has 0 bridgehead atoms. The first-order chi connectivity index (χ1) is 14.9. The van der Waals surface area contributed by atoms with Crippen LogP contribution in [0.4, 0.5) is 0 Å². The summed E-state index contributed by atoms with van der Waals surface area (Å²) in [4.78, 5) is 43.8. The molecule has 0 radical (unpaired) electrons. The van der Waals surface area contributed by atoms with Gasteiger partial charge < -0.3 is 16.0 Å². The average molecular weight is 425 g/mol. The first kappa shape index (κ1) is 20.0. The van der Waals surface area contributed by atoms with Gasteiger partial charge in [-0.15, -0.1) is 0 Å². The number of hydrogen-bond donors (Lipinski definition) is 2. The van der Waals surface area contributed by atoms with Crippen LogP contribution in [0, 0.1) is 17.8 Å². The number of nitrogens with two attached hydrogens (primary N) is 1. The van der Waals surface area contributed by atoms with Crippen LogP contribution in [0.15, 0.2) is 18.5 Å². The molecule has 31 heavy (non-hydrogen) atoms. The summed E-state index contributed by atoms with van der Waals surface area (Å²) in [5.74, 6) is 0.704. The molecule has 9 nitrogen and oxygen atoms in total. The van der Waals surface area contributed by atoms with Gasteiger partial charge in [-0.3, -0.25) is 24.0 Å². The van der Waals surface area contributed by atoms with Crippen LogP contribution < -0.4 is 11.1 Å². The Labute approximate surface area is 180 Å². The Kier molecular flexibility index (Phi) is 4.91. The Bertz CT molecular complexity index is 1050. The van der Waals surface area contributed by atoms with Gasteiger partial charge in [-0.1, -0.05) is 19.8 Å². The molecule has 2 aromatic heterocycles. The summed E-state index contributed by atoms with van der Waals surface area (Å²) >= 11 is 0. The van der Waals surface area contributed by atoms with Crippen molar-refractivity contribution in [2.45, 2.75) is 57.7 Å². The lowest BCUT2D eigenvalue weighted by Crippen LogP contribution is -2.49. The quantitative estimate of drug-likeness (QED) is 0.718. The lowest BCUT2D eigenvalue weighted by molar-refractivity contribution is -0.140. The molecule has 1 saturated heterocycles. The third-order valence-electron chi connectivity index (χ3n) is 7.34. The molecule has 3 heterocycles. The van der Waals surface area contributed by atoms with E-state index in [0.717, 1.165) is 19.3 Å². The van der Waals surface area contributed by atoms with E-state index in [2.05, 4.69) is 22.3 Å². The van der Waals surface area contributed by atoms with Crippen molar-refractivity contribution < 1.29 is 14.4 Å². The van der Waals surface area contributed by atoms with Crippen LogP contribution >= 0.6 is 0 Å². The van der Waals surface area contributed by atoms with Crippen LogP contribution in [0.1, 0.15) is 49.5 Å². The molecule has 164 valence electrons. The molecule has 0 unspecified atom stereocenters. The molecule has 9 heteroatoms. The number of carbonyl (C=O) groups excluding carboxylic acids is 3. The maximum absolute atomic E-state index is 13.3. The number of fused-ring (bicyclic) bond motifs is 2. The van der Waals surface area contributed by atoms with E-state index in [1.165, 1.54) is 17.5 Å². The van der Waals surface area contributed by atoms with Gasteiger partial charge in [0.25, 0.3) is 5.91 Å². The van der Waals surface area contributed by atoms with E-state index in [1.54, 1.807) is 23.4 Å². The number of pyridine rings is 1. The van der Waals surface area contributed by atoms with Gasteiger partial charge in [0, 0.05) is 24.2 Å². The molecule has 1 aliphatic heterocycles. The SMILES string of the molecule is C[C@H]1CCC[C@H]1CNC(=O)[C@@H]1C[C@H]2C[C@H]2N1C(=O)Cn1nc(C(N)=O)c2ccncc21. The maximum Gasteiger partial charge on any atom is 0.269 e. The monoisotopic (exact) mass is 424 g/mol. The van der Waals surface area contributed by atoms with E-state index in [4.69, 9.17) is 5.73 Å². The molecule has 0 spiro atoms. The lowest BCUT2D eigenvalue weighted by Gasteiger charge is -2.27. The van der Waals surface area contributed by atoms with E-state index >= 15 is 0 Å². The summed E-state index contributed by atoms with van der Waals surface area (Å²) in [6.07, 6.45) is 8.39. The molecule has 2 aliphatic carbocycles. The smallest absolute Gasteiger partial charge is 0.269 e. The third-order valence-corrected chi connectivity index (χ3v) is 7.34. The second-order valence-electron chi connectivity index (χ2n) is 9.29. The topological polar surface area (TPSA) is 123 Å². The molecule has 2 saturated carbocycles. The minimum Gasteiger partial charge on any atom is -0.364 e. The minimum absolute atomic E-state index is 0.0514. The Balaban J connectivity index is 1.31. The molecule has 3 aliphatic rings. The standard InChI is InChI=1S/C22H28N6O3/c1-12-3-2-4-13(12)9-25-22(31)17-8-14-7-16(14)28(17)19(29)11-27-18-10-24-6-5-15(18)20(26-27)21(23)30/h5-6,10,12-14,16-17H,2-4,7-9,11H2,1H3,(H2,23,30)(H,25,31)/t12-,13-,14+,16+,17-/m0/s1. The third kappa shape index (κ3) is 3.55. The van der Waals surface area contributed by atoms with Crippen LogP contribution in [0.25, 0.3) is 10.9 Å². The van der Waals surface area contributed by atoms with Crippen molar-refractivity contribution in [2.24, 2.45) is 23.5 Å². The lowest BCUT2D eigenvalue weighted by atomic mass is 9.98. The average Bonchev–Trinajstić information content (AvgIpc) is 3.08. The van der Waals surface area contributed by atoms with Crippen LogP contribution in [0.5, 0.6) is 0 Å². The van der Waals surface area contributed by atoms with Crippen LogP contribution in [0.3, 0.4) is 0 Å². The van der Waals surface area contributed by atoms with Crippen LogP contribution in [0.2, 0.25) is 0 Å². The number of rotatable bonds is 6. The van der Waals surface area contributed by atoms with Crippen molar-refractivity contribution in [1.29, 1.82) is 0 Å². The Morgan fingerprint density at radius 2 is 2.10 bits per heavy atom. The van der Waals surface area contributed by atoms with Gasteiger partial charge in [0.05, 0.1) is 11.7 Å². The molecular weight excluding hydrogens is 396 g/mol. The maximum atomic E-state index is 13.3. The zero-order valence-electron chi connectivity index (χ0n) is 17.7. The predicted molar refractivity (Wildman–Crippen MR) is 113 cm³/mol. The summed E-state index contributed by atoms with van der Waals surface area (Å²) in [6.45, 7) is 2.88. The Morgan fingerprint density at radius 3 is 2.84 bits per heavy atom. The zero-order valence-corrected chi connectivity index (χ0v) is 17.7. The minimum atomic E-state index is -0.649. The number of nitrogens with one attached hydrogen (secondary N) is 1. The molecule has 3 amide bonds. The number of primary amides is 1. The van der Waals surface area contributed by atoms with Crippen molar-refractivity contribution in [1.82, 2.24) is 25.0 Å². The highest BCUT2D eigenvalue weighted by atomic mass is 16.2. The van der Waals surface area contributed by atoms with Crippen LogP contribution in [-0.4, -0.2) is 56.0 Å². The van der Waals surface area contributed by atoms with Gasteiger partial charge >= 0.3 is 0 Å². The molecule has 3 fully saturated rings. The number of piperidine rings is 1. The summed E-state index contributed by atoms with van der Waals surface area (Å²) in [7, 11) is 0. The molecule has 0 aromatic carbocycles. The van der Waals surface area contributed by atoms with E-state index < -0.39 is 11.9 Å². The van der Waals surface area contributed by atoms with E-state index in [0.29, 0.717) is 35.2 Å². The Morgan fingerprint density at radius 1 is 1.26 bits per heavy atom. The second kappa shape index (κ2) is 7.62. The molecule has 5 atom stereocenters. The number of likely N-dealkylation sites (tertiary alicyclic amines) is 1. The van der Waals surface area contributed by atoms with E-state index in [-0.39, 0.29) is 30.1 Å². The first-order valence-corrected chi connectivity index (χ1v) is 11.1. The van der Waals surface area contributed by atoms with Gasteiger partial charge in [-0.2, -0.15) is 5.10 Å². The van der Waals surface area contributed by atoms with Gasteiger partial charge in [-0.25, -0.2) is 0 Å². The first-order valence-electron chi connectivity index (χ1n) is 11.1. The summed E-state index contributed by atoms with van der Waals surface area (Å²) in [5, 5.41) is 7.94. The molecule has 2 aromatic rings. The highest BCUT2D eigenvalue weighted by molar-refractivity contribution is 6.04. The normalized spacial score (nSPS) is 29.2. The summed E-state index contributed by atoms with van der Waals surface area (Å²) < 4.78 is 1.47. The second-order valence-corrected chi connectivity index (χ2v) is 9.29. The van der Waals surface area contributed by atoms with Crippen molar-refractivity contribution in [3.05, 3.63) is 24.2 Å². The highest BCUT2D eigenvalue weighted by Crippen LogP contribution is 2.48. The Hall–Kier alpha value is -2.97. The van der Waals surface area contributed by atoms with Crippen molar-refractivity contribution in [2.75, 3.05) is 6.54 Å². The number of aromatic nitrogens is 3. The van der Waals surface area contributed by atoms with Crippen molar-refractivity contribution in [3.8, 4) is 0 Å². The molecule has 5 rings (SSSR count). The van der Waals surface area contributed by atoms with E-state index in [9.17, 15) is 14.4 Å². The van der Waals surface area contributed by atoms with Crippen LogP contribution in [-0.2, 0) is 16.1 Å². The molecular formula is C22H28N6O3. The summed E-state index contributed by atoms with van der Waals surface area (Å²) in [5.41, 5.74) is 6.15. The largest absolute Gasteiger partial charge is 0.364 e. The zero-order chi connectivity index (χ0) is 21.7. The fourth-order valence-electron chi connectivity index (χ4n) is 5.46. The fraction of sp³-hybridized carbons (Fsp3) is 0.591. The van der Waals surface area contributed by atoms with Gasteiger partial charge in [-0.05, 0) is 43.1 Å². The van der Waals surface area contributed by atoms with E-state index in [1.807, 2.05) is 0 Å². The van der Waals surface area contributed by atoms with Gasteiger partial charge in [0.1, 0.15) is 12.6 Å². The van der Waals surface area contributed by atoms with Crippen molar-refractivity contribution in [3.63, 3.8) is 0 Å². The van der Waals surface area contributed by atoms with Gasteiger partial charge in [0.2, 0.25) is 11.8 Å². The van der Waals surface area contributed by atoms with Gasteiger partial charge in [0.15, 0.2) is 5.69 Å². The number of nitrogens with zero attached hydrogens (tertiary/aromatic N) is 4. The fourth-order valence-corrected chi connectivity index (χ4v) is 5.46. The number of hydrogen-bond acceptors (Lipinski definition) is 5. The number of carbonyl (C=O) groups is 3.